The molecule has 3 nitrogen and oxygen atoms in total. The van der Waals surface area contributed by atoms with Crippen LogP contribution in [0.2, 0.25) is 0 Å². The Kier molecular flexibility index (Phi) is 9.38. The van der Waals surface area contributed by atoms with Gasteiger partial charge >= 0.3 is 12.1 Å². The summed E-state index contributed by atoms with van der Waals surface area (Å²) in [7, 11) is 0. The highest BCUT2D eigenvalue weighted by atomic mass is 19.4. The van der Waals surface area contributed by atoms with Gasteiger partial charge in [-0.2, -0.15) is 13.2 Å². The molecule has 1 aromatic rings. The van der Waals surface area contributed by atoms with Crippen LogP contribution in [-0.4, -0.2) is 28.6 Å². The van der Waals surface area contributed by atoms with E-state index in [-0.39, 0.29) is 24.4 Å². The number of rotatable bonds is 10. The predicted octanol–water partition coefficient (Wildman–Crippen LogP) is 7.34. The average molecular weight is 454 g/mol. The molecule has 1 heterocycles. The molecule has 6 heteroatoms. The Balaban J connectivity index is 2.38. The molecule has 0 bridgehead atoms. The molecule has 2 rings (SSSR count). The molecule has 0 aromatic heterocycles. The maximum Gasteiger partial charge on any atom is 0.416 e. The van der Waals surface area contributed by atoms with Crippen molar-refractivity contribution in [1.29, 1.82) is 0 Å². The molecule has 1 N–H and O–H groups in total. The van der Waals surface area contributed by atoms with E-state index in [4.69, 9.17) is 0 Å². The minimum absolute atomic E-state index is 0.0140. The van der Waals surface area contributed by atoms with Crippen molar-refractivity contribution in [2.75, 3.05) is 6.54 Å². The van der Waals surface area contributed by atoms with Crippen molar-refractivity contribution in [2.24, 2.45) is 17.8 Å². The van der Waals surface area contributed by atoms with Gasteiger partial charge in [-0.15, -0.1) is 0 Å². The fourth-order valence-electron chi connectivity index (χ4n) is 4.84. The number of halogens is 3. The number of benzene rings is 1. The van der Waals surface area contributed by atoms with Crippen LogP contribution in [0.4, 0.5) is 13.2 Å². The van der Waals surface area contributed by atoms with E-state index in [9.17, 15) is 23.1 Å². The van der Waals surface area contributed by atoms with Crippen LogP contribution >= 0.6 is 0 Å². The van der Waals surface area contributed by atoms with Crippen LogP contribution < -0.4 is 0 Å². The normalized spacial score (nSPS) is 21.2. The van der Waals surface area contributed by atoms with E-state index in [1.807, 2.05) is 0 Å². The Morgan fingerprint density at radius 3 is 2.25 bits per heavy atom. The lowest BCUT2D eigenvalue weighted by atomic mass is 9.82. The lowest BCUT2D eigenvalue weighted by Gasteiger charge is -2.45. The van der Waals surface area contributed by atoms with Gasteiger partial charge in [-0.25, -0.2) is 0 Å². The number of hydrogen-bond donors (Lipinski definition) is 1. The van der Waals surface area contributed by atoms with Crippen molar-refractivity contribution in [1.82, 2.24) is 4.90 Å². The number of carboxylic acids is 1. The van der Waals surface area contributed by atoms with Crippen molar-refractivity contribution in [2.45, 2.75) is 84.5 Å². The molecule has 1 fully saturated rings. The lowest BCUT2D eigenvalue weighted by Crippen LogP contribution is -2.45. The zero-order chi connectivity index (χ0) is 24.1. The lowest BCUT2D eigenvalue weighted by molar-refractivity contribution is -0.139. The number of carboxylic acid groups (broad SMARTS) is 1. The van der Waals surface area contributed by atoms with Gasteiger partial charge in [0, 0.05) is 18.5 Å². The van der Waals surface area contributed by atoms with Gasteiger partial charge in [0.05, 0.1) is 5.56 Å². The summed E-state index contributed by atoms with van der Waals surface area (Å²) < 4.78 is 39.3. The first kappa shape index (κ1) is 26.4. The molecule has 0 aliphatic carbocycles. The summed E-state index contributed by atoms with van der Waals surface area (Å²) in [5.74, 6) is 0.201. The molecule has 1 aliphatic heterocycles. The maximum absolute atomic E-state index is 13.1. The van der Waals surface area contributed by atoms with E-state index >= 15 is 0 Å². The third-order valence-corrected chi connectivity index (χ3v) is 6.40. The molecular weight excluding hydrogens is 415 g/mol. The van der Waals surface area contributed by atoms with Gasteiger partial charge in [-0.3, -0.25) is 9.69 Å². The third kappa shape index (κ3) is 7.65. The fourth-order valence-corrected chi connectivity index (χ4v) is 4.84. The second-order valence-corrected chi connectivity index (χ2v) is 10.1. The fraction of sp³-hybridized carbons (Fsp3) is 0.654. The topological polar surface area (TPSA) is 40.5 Å². The maximum atomic E-state index is 13.1. The first-order valence-corrected chi connectivity index (χ1v) is 11.7. The van der Waals surface area contributed by atoms with Crippen LogP contribution in [0, 0.1) is 17.8 Å². The van der Waals surface area contributed by atoms with Crippen molar-refractivity contribution in [3.05, 3.63) is 47.5 Å². The zero-order valence-electron chi connectivity index (χ0n) is 19.8. The summed E-state index contributed by atoms with van der Waals surface area (Å²) >= 11 is 0. The number of nitrogens with zero attached hydrogens (tertiary/aromatic N) is 1. The van der Waals surface area contributed by atoms with E-state index < -0.39 is 17.7 Å². The highest BCUT2D eigenvalue weighted by Gasteiger charge is 2.36. The number of carbonyl (C=O) groups is 1. The Bertz CT molecular complexity index is 755. The van der Waals surface area contributed by atoms with E-state index in [1.54, 1.807) is 12.1 Å². The third-order valence-electron chi connectivity index (χ3n) is 6.40. The summed E-state index contributed by atoms with van der Waals surface area (Å²) in [6.45, 7) is 13.8. The Morgan fingerprint density at radius 1 is 1.12 bits per heavy atom. The van der Waals surface area contributed by atoms with Gasteiger partial charge in [0.25, 0.3) is 0 Å². The molecule has 0 saturated carbocycles. The zero-order valence-corrected chi connectivity index (χ0v) is 19.8. The van der Waals surface area contributed by atoms with Crippen LogP contribution in [0.5, 0.6) is 0 Å². The SMILES string of the molecule is C=C(CC(C)C)[C@H](CCC(C)C)N1CC[C@@H](CC(=O)O)C[C@H]1c1ccc(C(F)(F)F)cc1. The Hall–Kier alpha value is -1.82. The highest BCUT2D eigenvalue weighted by Crippen LogP contribution is 2.41. The number of piperidine rings is 1. The predicted molar refractivity (Wildman–Crippen MR) is 122 cm³/mol. The molecule has 1 saturated heterocycles. The van der Waals surface area contributed by atoms with Gasteiger partial charge in [-0.1, -0.05) is 52.0 Å². The number of likely N-dealkylation sites (tertiary alicyclic amines) is 1. The quantitative estimate of drug-likeness (QED) is 0.377. The summed E-state index contributed by atoms with van der Waals surface area (Å²) in [5.41, 5.74) is 1.32. The monoisotopic (exact) mass is 453 g/mol. The minimum atomic E-state index is -4.37. The first-order chi connectivity index (χ1) is 14.9. The Morgan fingerprint density at radius 2 is 1.75 bits per heavy atom. The molecule has 32 heavy (non-hydrogen) atoms. The van der Waals surface area contributed by atoms with Gasteiger partial charge in [0.1, 0.15) is 0 Å². The van der Waals surface area contributed by atoms with Crippen LogP contribution in [0.25, 0.3) is 0 Å². The van der Waals surface area contributed by atoms with Crippen molar-refractivity contribution >= 4 is 5.97 Å². The van der Waals surface area contributed by atoms with Gasteiger partial charge in [0.15, 0.2) is 0 Å². The summed E-state index contributed by atoms with van der Waals surface area (Å²) in [4.78, 5) is 13.7. The summed E-state index contributed by atoms with van der Waals surface area (Å²) in [6, 6.07) is 5.43. The smallest absolute Gasteiger partial charge is 0.416 e. The average Bonchev–Trinajstić information content (AvgIpc) is 2.67. The minimum Gasteiger partial charge on any atom is -0.481 e. The largest absolute Gasteiger partial charge is 0.481 e. The second kappa shape index (κ2) is 11.4. The Labute approximate surface area is 190 Å². The number of aliphatic carboxylic acids is 1. The molecule has 1 aliphatic rings. The summed E-state index contributed by atoms with van der Waals surface area (Å²) in [6.07, 6.45) is 0.00991. The van der Waals surface area contributed by atoms with Crippen molar-refractivity contribution < 1.29 is 23.1 Å². The van der Waals surface area contributed by atoms with Crippen molar-refractivity contribution in [3.8, 4) is 0 Å². The van der Waals surface area contributed by atoms with Crippen LogP contribution in [0.1, 0.15) is 83.4 Å². The molecule has 3 atom stereocenters. The van der Waals surface area contributed by atoms with E-state index in [0.29, 0.717) is 18.3 Å². The highest BCUT2D eigenvalue weighted by molar-refractivity contribution is 5.67. The molecular formula is C26H38F3NO2. The van der Waals surface area contributed by atoms with Crippen molar-refractivity contribution in [3.63, 3.8) is 0 Å². The first-order valence-electron chi connectivity index (χ1n) is 11.7. The molecule has 0 unspecified atom stereocenters. The number of alkyl halides is 3. The van der Waals surface area contributed by atoms with E-state index in [0.717, 1.165) is 55.5 Å². The molecule has 180 valence electrons. The molecule has 0 spiro atoms. The van der Waals surface area contributed by atoms with Gasteiger partial charge < -0.3 is 5.11 Å². The molecule has 0 radical (unpaired) electrons. The second-order valence-electron chi connectivity index (χ2n) is 10.1. The van der Waals surface area contributed by atoms with Crippen LogP contribution in [-0.2, 0) is 11.0 Å². The van der Waals surface area contributed by atoms with Gasteiger partial charge in [-0.05, 0) is 74.1 Å². The summed E-state index contributed by atoms with van der Waals surface area (Å²) in [5, 5.41) is 9.30. The van der Waals surface area contributed by atoms with Gasteiger partial charge in [0.2, 0.25) is 0 Å². The van der Waals surface area contributed by atoms with Crippen LogP contribution in [0.3, 0.4) is 0 Å². The van der Waals surface area contributed by atoms with Crippen LogP contribution in [0.15, 0.2) is 36.4 Å². The van der Waals surface area contributed by atoms with E-state index in [2.05, 4.69) is 39.2 Å². The molecule has 0 amide bonds. The number of hydrogen-bond acceptors (Lipinski definition) is 2. The van der Waals surface area contributed by atoms with E-state index in [1.165, 1.54) is 0 Å². The standard InChI is InChI=1S/C26H38F3NO2/c1-17(2)6-11-23(19(5)14-18(3)4)30-13-12-20(16-25(31)32)15-24(30)21-7-9-22(10-8-21)26(27,28)29/h7-10,17-18,20,23-24H,5-6,11-16H2,1-4H3,(H,31,32)/t20-,23+,24+/m1/s1. The molecule has 1 aromatic carbocycles.